The van der Waals surface area contributed by atoms with Crippen molar-refractivity contribution >= 4 is 5.97 Å². The summed E-state index contributed by atoms with van der Waals surface area (Å²) in [6.07, 6.45) is -3.83. The van der Waals surface area contributed by atoms with E-state index in [1.807, 2.05) is 4.90 Å². The number of hydrogen-bond donors (Lipinski definition) is 3. The van der Waals surface area contributed by atoms with Gasteiger partial charge in [0.1, 0.15) is 0 Å². The van der Waals surface area contributed by atoms with Gasteiger partial charge in [-0.15, -0.1) is 0 Å². The fourth-order valence-corrected chi connectivity index (χ4v) is 2.47. The molecule has 0 saturated carbocycles. The van der Waals surface area contributed by atoms with Gasteiger partial charge in [-0.1, -0.05) is 0 Å². The summed E-state index contributed by atoms with van der Waals surface area (Å²) in [7, 11) is 0. The molecular weight excluding hydrogens is 263 g/mol. The lowest BCUT2D eigenvalue weighted by molar-refractivity contribution is -0.139. The van der Waals surface area contributed by atoms with Crippen LogP contribution in [-0.2, 0) is 4.79 Å². The highest BCUT2D eigenvalue weighted by Crippen LogP contribution is 2.21. The molecule has 1 aliphatic heterocycles. The van der Waals surface area contributed by atoms with Crippen molar-refractivity contribution in [3.63, 3.8) is 0 Å². The Morgan fingerprint density at radius 2 is 2.11 bits per heavy atom. The van der Waals surface area contributed by atoms with E-state index in [1.54, 1.807) is 0 Å². The molecular formula is C11H20F3N3O2. The number of piperidine rings is 1. The zero-order chi connectivity index (χ0) is 14.5. The molecule has 1 fully saturated rings. The smallest absolute Gasteiger partial charge is 0.401 e. The quantitative estimate of drug-likeness (QED) is 0.652. The van der Waals surface area contributed by atoms with Gasteiger partial charge in [0.25, 0.3) is 0 Å². The van der Waals surface area contributed by atoms with E-state index in [9.17, 15) is 18.0 Å². The molecule has 1 saturated heterocycles. The van der Waals surface area contributed by atoms with Crippen molar-refractivity contribution in [2.24, 2.45) is 11.7 Å². The van der Waals surface area contributed by atoms with Crippen LogP contribution in [0.5, 0.6) is 0 Å². The summed E-state index contributed by atoms with van der Waals surface area (Å²) in [5.74, 6) is -1.06. The summed E-state index contributed by atoms with van der Waals surface area (Å²) in [6, 6.07) is -0.341. The molecule has 0 aliphatic carbocycles. The third-order valence-corrected chi connectivity index (χ3v) is 3.11. The second kappa shape index (κ2) is 7.06. The van der Waals surface area contributed by atoms with Crippen LogP contribution in [0, 0.1) is 5.92 Å². The molecule has 5 nitrogen and oxygen atoms in total. The minimum absolute atomic E-state index is 0.0226. The Bertz CT molecular complexity index is 299. The van der Waals surface area contributed by atoms with Gasteiger partial charge in [0.2, 0.25) is 0 Å². The molecule has 19 heavy (non-hydrogen) atoms. The first-order chi connectivity index (χ1) is 8.80. The Kier molecular flexibility index (Phi) is 6.02. The molecule has 0 aromatic rings. The Balaban J connectivity index is 2.51. The zero-order valence-electron chi connectivity index (χ0n) is 10.6. The summed E-state index contributed by atoms with van der Waals surface area (Å²) in [6.45, 7) is 0.983. The van der Waals surface area contributed by atoms with Gasteiger partial charge in [0, 0.05) is 38.6 Å². The number of nitrogens with two attached hydrogens (primary N) is 1. The molecule has 0 aromatic heterocycles. The predicted molar refractivity (Wildman–Crippen MR) is 63.7 cm³/mol. The van der Waals surface area contributed by atoms with E-state index >= 15 is 0 Å². The largest absolute Gasteiger partial charge is 0.481 e. The lowest BCUT2D eigenvalue weighted by Crippen LogP contribution is -2.52. The van der Waals surface area contributed by atoms with Crippen LogP contribution in [0.3, 0.4) is 0 Å². The van der Waals surface area contributed by atoms with Crippen molar-refractivity contribution in [1.82, 2.24) is 10.2 Å². The van der Waals surface area contributed by atoms with Gasteiger partial charge in [0.15, 0.2) is 0 Å². The highest BCUT2D eigenvalue weighted by Gasteiger charge is 2.32. The number of alkyl halides is 3. The first kappa shape index (κ1) is 16.2. The number of nitrogens with zero attached hydrogens (tertiary/aromatic N) is 1. The van der Waals surface area contributed by atoms with E-state index in [0.717, 1.165) is 0 Å². The van der Waals surface area contributed by atoms with Crippen LogP contribution < -0.4 is 11.1 Å². The molecule has 2 atom stereocenters. The van der Waals surface area contributed by atoms with E-state index in [1.165, 1.54) is 0 Å². The van der Waals surface area contributed by atoms with Crippen molar-refractivity contribution in [2.75, 3.05) is 32.7 Å². The van der Waals surface area contributed by atoms with Crippen molar-refractivity contribution in [3.8, 4) is 0 Å². The number of likely N-dealkylation sites (tertiary alicyclic amines) is 1. The zero-order valence-corrected chi connectivity index (χ0v) is 10.6. The molecule has 4 N–H and O–H groups in total. The minimum Gasteiger partial charge on any atom is -0.481 e. The highest BCUT2D eigenvalue weighted by atomic mass is 19.4. The number of hydrogen-bond acceptors (Lipinski definition) is 4. The fraction of sp³-hybridized carbons (Fsp3) is 0.909. The van der Waals surface area contributed by atoms with E-state index in [4.69, 9.17) is 10.8 Å². The summed E-state index contributed by atoms with van der Waals surface area (Å²) >= 11 is 0. The third kappa shape index (κ3) is 6.74. The number of carbonyl (C=O) groups is 1. The molecule has 1 aliphatic rings. The SMILES string of the molecule is NCCN1CC(CC(=O)O)CC(NCC(F)(F)F)C1. The van der Waals surface area contributed by atoms with Crippen LogP contribution in [0.25, 0.3) is 0 Å². The number of halogens is 3. The van der Waals surface area contributed by atoms with E-state index in [-0.39, 0.29) is 18.4 Å². The second-order valence-corrected chi connectivity index (χ2v) is 4.94. The number of rotatable bonds is 6. The van der Waals surface area contributed by atoms with Crippen molar-refractivity contribution in [3.05, 3.63) is 0 Å². The first-order valence-electron chi connectivity index (χ1n) is 6.24. The monoisotopic (exact) mass is 283 g/mol. The fourth-order valence-electron chi connectivity index (χ4n) is 2.47. The number of carboxylic acid groups (broad SMARTS) is 1. The lowest BCUT2D eigenvalue weighted by atomic mass is 9.91. The van der Waals surface area contributed by atoms with Crippen molar-refractivity contribution in [1.29, 1.82) is 0 Å². The van der Waals surface area contributed by atoms with Gasteiger partial charge in [-0.05, 0) is 12.3 Å². The summed E-state index contributed by atoms with van der Waals surface area (Å²) in [5.41, 5.74) is 5.44. The Morgan fingerprint density at radius 3 is 2.63 bits per heavy atom. The maximum atomic E-state index is 12.2. The summed E-state index contributed by atoms with van der Waals surface area (Å²) in [4.78, 5) is 12.6. The molecule has 0 bridgehead atoms. The van der Waals surface area contributed by atoms with Crippen LogP contribution in [0.1, 0.15) is 12.8 Å². The molecule has 0 spiro atoms. The minimum atomic E-state index is -4.25. The van der Waals surface area contributed by atoms with Gasteiger partial charge in [-0.3, -0.25) is 4.79 Å². The first-order valence-corrected chi connectivity index (χ1v) is 6.24. The molecule has 0 amide bonds. The lowest BCUT2D eigenvalue weighted by Gasteiger charge is -2.37. The van der Waals surface area contributed by atoms with Crippen molar-refractivity contribution in [2.45, 2.75) is 25.1 Å². The third-order valence-electron chi connectivity index (χ3n) is 3.11. The van der Waals surface area contributed by atoms with E-state index in [0.29, 0.717) is 32.6 Å². The maximum Gasteiger partial charge on any atom is 0.401 e. The average Bonchev–Trinajstić information content (AvgIpc) is 2.24. The molecule has 2 unspecified atom stereocenters. The Labute approximate surface area is 109 Å². The topological polar surface area (TPSA) is 78.6 Å². The van der Waals surface area contributed by atoms with Gasteiger partial charge >= 0.3 is 12.1 Å². The molecule has 0 radical (unpaired) electrons. The predicted octanol–water partition coefficient (Wildman–Crippen LogP) is 0.262. The van der Waals surface area contributed by atoms with Crippen LogP contribution in [0.4, 0.5) is 13.2 Å². The van der Waals surface area contributed by atoms with Crippen LogP contribution in [0.2, 0.25) is 0 Å². The summed E-state index contributed by atoms with van der Waals surface area (Å²) < 4.78 is 36.5. The molecule has 1 heterocycles. The van der Waals surface area contributed by atoms with Crippen LogP contribution in [0.15, 0.2) is 0 Å². The summed E-state index contributed by atoms with van der Waals surface area (Å²) in [5, 5.41) is 11.2. The molecule has 0 aromatic carbocycles. The second-order valence-electron chi connectivity index (χ2n) is 4.94. The maximum absolute atomic E-state index is 12.2. The molecule has 112 valence electrons. The number of aliphatic carboxylic acids is 1. The Morgan fingerprint density at radius 1 is 1.42 bits per heavy atom. The van der Waals surface area contributed by atoms with Crippen LogP contribution in [-0.4, -0.2) is 60.9 Å². The van der Waals surface area contributed by atoms with Crippen molar-refractivity contribution < 1.29 is 23.1 Å². The molecule has 1 rings (SSSR count). The highest BCUT2D eigenvalue weighted by molar-refractivity contribution is 5.67. The van der Waals surface area contributed by atoms with E-state index < -0.39 is 18.7 Å². The average molecular weight is 283 g/mol. The Hall–Kier alpha value is -0.860. The normalized spacial score (nSPS) is 25.5. The number of carboxylic acids is 1. The standard InChI is InChI=1S/C11H20F3N3O2/c12-11(13,14)7-16-9-3-8(4-10(18)19)5-17(6-9)2-1-15/h8-9,16H,1-7,15H2,(H,18,19). The number of nitrogens with one attached hydrogen (secondary N) is 1. The van der Waals surface area contributed by atoms with Gasteiger partial charge < -0.3 is 21.1 Å². The van der Waals surface area contributed by atoms with Gasteiger partial charge in [0.05, 0.1) is 6.54 Å². The van der Waals surface area contributed by atoms with Gasteiger partial charge in [-0.25, -0.2) is 0 Å². The molecule has 8 heteroatoms. The van der Waals surface area contributed by atoms with E-state index in [2.05, 4.69) is 5.32 Å². The van der Waals surface area contributed by atoms with Gasteiger partial charge in [-0.2, -0.15) is 13.2 Å². The van der Waals surface area contributed by atoms with Crippen LogP contribution >= 0.6 is 0 Å².